The molecule has 51 heavy (non-hydrogen) atoms. The van der Waals surface area contributed by atoms with Crippen molar-refractivity contribution < 1.29 is 18.0 Å². The molecule has 9 heteroatoms. The van der Waals surface area contributed by atoms with Crippen LogP contribution in [0.25, 0.3) is 11.1 Å². The van der Waals surface area contributed by atoms with Gasteiger partial charge in [0.25, 0.3) is 0 Å². The van der Waals surface area contributed by atoms with Gasteiger partial charge in [-0.1, -0.05) is 90.1 Å². The Morgan fingerprint density at radius 3 is 1.16 bits per heavy atom. The molecule has 0 saturated carbocycles. The number of carbonyl (C=O) groups excluding carboxylic acids is 2. The fourth-order valence-corrected chi connectivity index (χ4v) is 7.18. The number of rotatable bonds is 6. The fourth-order valence-electron chi connectivity index (χ4n) is 5.92. The SMILES string of the molecule is CC(C)(C)C1=CC(=CN=Nc2ccc(S(=O)(=O)c3ccc(N=NC=C4C=C(C(C)(C)C)C(=O)c5ccccc54)cc3)cc2)c2ccccc2C1=O. The van der Waals surface area contributed by atoms with Crippen LogP contribution in [0.5, 0.6) is 0 Å². The molecule has 2 aliphatic rings. The predicted octanol–water partition coefficient (Wildman–Crippen LogP) is 11.1. The Hall–Kier alpha value is -5.67. The van der Waals surface area contributed by atoms with Gasteiger partial charge in [-0.2, -0.15) is 20.5 Å². The molecule has 0 aromatic heterocycles. The van der Waals surface area contributed by atoms with Crippen molar-refractivity contribution in [3.05, 3.63) is 155 Å². The van der Waals surface area contributed by atoms with Crippen molar-refractivity contribution in [3.8, 4) is 0 Å². The lowest BCUT2D eigenvalue weighted by molar-refractivity contribution is 0.1000. The van der Waals surface area contributed by atoms with E-state index >= 15 is 0 Å². The van der Waals surface area contributed by atoms with Gasteiger partial charge in [-0.3, -0.25) is 9.59 Å². The van der Waals surface area contributed by atoms with Gasteiger partial charge in [-0.05, 0) is 82.6 Å². The Balaban J connectivity index is 1.17. The summed E-state index contributed by atoms with van der Waals surface area (Å²) in [7, 11) is -3.81. The van der Waals surface area contributed by atoms with Crippen molar-refractivity contribution in [1.82, 2.24) is 0 Å². The summed E-state index contributed by atoms with van der Waals surface area (Å²) in [5, 5.41) is 17.1. The van der Waals surface area contributed by atoms with Gasteiger partial charge in [-0.25, -0.2) is 8.42 Å². The first-order chi connectivity index (χ1) is 24.1. The molecule has 6 rings (SSSR count). The quantitative estimate of drug-likeness (QED) is 0.187. The van der Waals surface area contributed by atoms with Gasteiger partial charge in [0.2, 0.25) is 9.84 Å². The highest BCUT2D eigenvalue weighted by Crippen LogP contribution is 2.39. The lowest BCUT2D eigenvalue weighted by atomic mass is 9.76. The van der Waals surface area contributed by atoms with Crippen LogP contribution in [0.4, 0.5) is 11.4 Å². The molecule has 256 valence electrons. The molecule has 8 nitrogen and oxygen atoms in total. The zero-order valence-corrected chi connectivity index (χ0v) is 30.2. The number of carbonyl (C=O) groups is 2. The first kappa shape index (κ1) is 35.2. The summed E-state index contributed by atoms with van der Waals surface area (Å²) in [4.78, 5) is 26.4. The maximum absolute atomic E-state index is 13.4. The van der Waals surface area contributed by atoms with Crippen LogP contribution in [0.15, 0.2) is 163 Å². The van der Waals surface area contributed by atoms with E-state index in [2.05, 4.69) is 20.5 Å². The number of nitrogens with zero attached hydrogens (tertiary/aromatic N) is 4. The van der Waals surface area contributed by atoms with Crippen molar-refractivity contribution in [2.45, 2.75) is 51.3 Å². The minimum atomic E-state index is -3.81. The third-order valence-corrected chi connectivity index (χ3v) is 10.5. The van der Waals surface area contributed by atoms with Crippen molar-refractivity contribution >= 4 is 43.9 Å². The Labute approximate surface area is 298 Å². The normalized spacial score (nSPS) is 16.8. The number of allylic oxidation sites excluding steroid dienone is 6. The lowest BCUT2D eigenvalue weighted by Crippen LogP contribution is -2.22. The summed E-state index contributed by atoms with van der Waals surface area (Å²) >= 11 is 0. The van der Waals surface area contributed by atoms with Gasteiger partial charge in [0.1, 0.15) is 0 Å². The third kappa shape index (κ3) is 7.30. The van der Waals surface area contributed by atoms with E-state index in [1.54, 1.807) is 36.7 Å². The minimum absolute atomic E-state index is 0.00816. The zero-order chi connectivity index (χ0) is 36.6. The van der Waals surface area contributed by atoms with Gasteiger partial charge < -0.3 is 0 Å². The maximum atomic E-state index is 13.4. The molecule has 0 radical (unpaired) electrons. The molecule has 0 fully saturated rings. The van der Waals surface area contributed by atoms with E-state index in [4.69, 9.17) is 0 Å². The molecule has 0 atom stereocenters. The molecule has 0 amide bonds. The Bertz CT molecular complexity index is 2190. The highest BCUT2D eigenvalue weighted by molar-refractivity contribution is 7.91. The second kappa shape index (κ2) is 13.6. The fraction of sp³-hybridized carbons (Fsp3) is 0.190. The standard InChI is InChI=1S/C42H38N4O4S/c1-41(2,3)37-23-27(33-11-7-9-13-35(33)39(37)47)25-43-45-29-15-19-31(20-16-29)51(49,50)32-21-17-30(18-22-32)46-44-26-28-24-38(42(4,5)6)40(48)36-14-10-8-12-34(28)36/h7-26H,1-6H3. The summed E-state index contributed by atoms with van der Waals surface area (Å²) in [5.74, 6) is 0.0163. The minimum Gasteiger partial charge on any atom is -0.289 e. The number of fused-ring (bicyclic) bond motifs is 2. The number of ketones is 2. The van der Waals surface area contributed by atoms with Crippen LogP contribution < -0.4 is 0 Å². The second-order valence-electron chi connectivity index (χ2n) is 14.5. The summed E-state index contributed by atoms with van der Waals surface area (Å²) in [5.41, 5.74) is 6.06. The Morgan fingerprint density at radius 1 is 0.490 bits per heavy atom. The molecule has 0 N–H and O–H groups in total. The summed E-state index contributed by atoms with van der Waals surface area (Å²) in [6.07, 6.45) is 6.96. The van der Waals surface area contributed by atoms with Crippen LogP contribution in [-0.2, 0) is 9.84 Å². The molecule has 0 heterocycles. The van der Waals surface area contributed by atoms with E-state index in [0.29, 0.717) is 33.6 Å². The zero-order valence-electron chi connectivity index (χ0n) is 29.4. The molecule has 4 aromatic carbocycles. The number of benzene rings is 4. The summed E-state index contributed by atoms with van der Waals surface area (Å²) < 4.78 is 26.8. The van der Waals surface area contributed by atoms with Crippen LogP contribution in [-0.4, -0.2) is 20.0 Å². The van der Waals surface area contributed by atoms with Gasteiger partial charge in [0, 0.05) is 33.4 Å². The number of azo groups is 2. The van der Waals surface area contributed by atoms with Gasteiger partial charge in [0.05, 0.1) is 33.6 Å². The highest BCUT2D eigenvalue weighted by atomic mass is 32.2. The molecule has 4 aromatic rings. The van der Waals surface area contributed by atoms with Crippen molar-refractivity contribution in [2.24, 2.45) is 31.3 Å². The number of hydrogen-bond donors (Lipinski definition) is 0. The van der Waals surface area contributed by atoms with Gasteiger partial charge in [0.15, 0.2) is 11.6 Å². The third-order valence-electron chi connectivity index (χ3n) is 8.70. The van der Waals surface area contributed by atoms with Crippen LogP contribution in [0.1, 0.15) is 73.4 Å². The van der Waals surface area contributed by atoms with E-state index in [1.165, 1.54) is 24.3 Å². The molecule has 0 unspecified atom stereocenters. The van der Waals surface area contributed by atoms with Crippen molar-refractivity contribution in [1.29, 1.82) is 0 Å². The Morgan fingerprint density at radius 2 is 0.824 bits per heavy atom. The summed E-state index contributed by atoms with van der Waals surface area (Å²) in [6.45, 7) is 12.0. The first-order valence-electron chi connectivity index (χ1n) is 16.5. The van der Waals surface area contributed by atoms with Crippen LogP contribution in [0, 0.1) is 10.8 Å². The van der Waals surface area contributed by atoms with Crippen LogP contribution in [0.2, 0.25) is 0 Å². The van der Waals surface area contributed by atoms with E-state index in [1.807, 2.05) is 102 Å². The van der Waals surface area contributed by atoms with Crippen LogP contribution >= 0.6 is 0 Å². The number of sulfone groups is 1. The van der Waals surface area contributed by atoms with Gasteiger partial charge in [-0.15, -0.1) is 0 Å². The van der Waals surface area contributed by atoms with Crippen molar-refractivity contribution in [3.63, 3.8) is 0 Å². The molecule has 0 saturated heterocycles. The number of Topliss-reactive ketones (excluding diaryl/α,β-unsaturated/α-hetero) is 2. The number of hydrogen-bond acceptors (Lipinski definition) is 8. The molecule has 0 spiro atoms. The van der Waals surface area contributed by atoms with E-state index in [9.17, 15) is 18.0 Å². The monoisotopic (exact) mass is 694 g/mol. The topological polar surface area (TPSA) is 118 Å². The van der Waals surface area contributed by atoms with E-state index in [-0.39, 0.29) is 32.2 Å². The molecule has 2 aliphatic carbocycles. The maximum Gasteiger partial charge on any atom is 0.206 e. The second-order valence-corrected chi connectivity index (χ2v) is 16.4. The largest absolute Gasteiger partial charge is 0.289 e. The average Bonchev–Trinajstić information content (AvgIpc) is 3.10. The Kier molecular flexibility index (Phi) is 9.35. The lowest BCUT2D eigenvalue weighted by Gasteiger charge is -2.27. The summed E-state index contributed by atoms with van der Waals surface area (Å²) in [6, 6.07) is 27.2. The van der Waals surface area contributed by atoms with E-state index in [0.717, 1.165) is 22.3 Å². The molecule has 0 bridgehead atoms. The molecular weight excluding hydrogens is 657 g/mol. The molecular formula is C42H38N4O4S. The highest BCUT2D eigenvalue weighted by Gasteiger charge is 2.31. The van der Waals surface area contributed by atoms with Gasteiger partial charge >= 0.3 is 0 Å². The average molecular weight is 695 g/mol. The van der Waals surface area contributed by atoms with Crippen molar-refractivity contribution in [2.75, 3.05) is 0 Å². The smallest absolute Gasteiger partial charge is 0.206 e. The van der Waals surface area contributed by atoms with E-state index < -0.39 is 9.84 Å². The first-order valence-corrected chi connectivity index (χ1v) is 18.0. The van der Waals surface area contributed by atoms with Crippen LogP contribution in [0.3, 0.4) is 0 Å². The molecule has 0 aliphatic heterocycles. The predicted molar refractivity (Wildman–Crippen MR) is 200 cm³/mol.